The van der Waals surface area contributed by atoms with Gasteiger partial charge in [-0.3, -0.25) is 4.79 Å². The van der Waals surface area contributed by atoms with Crippen molar-refractivity contribution in [2.75, 3.05) is 27.4 Å². The van der Waals surface area contributed by atoms with Gasteiger partial charge in [-0.15, -0.1) is 11.3 Å². The zero-order valence-electron chi connectivity index (χ0n) is 23.1. The van der Waals surface area contributed by atoms with Crippen LogP contribution in [0.4, 0.5) is 0 Å². The number of methoxy groups -OCH3 is 2. The van der Waals surface area contributed by atoms with E-state index in [1.807, 2.05) is 67.8 Å². The second kappa shape index (κ2) is 11.9. The molecular weight excluding hydrogens is 516 g/mol. The number of aromatic nitrogens is 1. The van der Waals surface area contributed by atoms with Crippen molar-refractivity contribution in [2.24, 2.45) is 0 Å². The number of thiazole rings is 1. The first-order chi connectivity index (χ1) is 18.8. The molecule has 8 nitrogen and oxygen atoms in total. The van der Waals surface area contributed by atoms with E-state index in [4.69, 9.17) is 23.9 Å². The van der Waals surface area contributed by atoms with Gasteiger partial charge in [0.05, 0.1) is 44.6 Å². The minimum absolute atomic E-state index is 0.194. The van der Waals surface area contributed by atoms with Crippen molar-refractivity contribution in [1.29, 1.82) is 0 Å². The normalized spacial score (nSPS) is 20.7. The van der Waals surface area contributed by atoms with E-state index in [1.54, 1.807) is 28.1 Å². The lowest BCUT2D eigenvalue weighted by Crippen LogP contribution is -2.60. The smallest absolute Gasteiger partial charge is 0.336 e. The molecule has 0 aliphatic carbocycles. The summed E-state index contributed by atoms with van der Waals surface area (Å²) in [6.07, 6.45) is 0. The molecule has 1 aliphatic rings. The van der Waals surface area contributed by atoms with Crippen LogP contribution in [-0.4, -0.2) is 50.4 Å². The molecule has 39 heavy (non-hydrogen) atoms. The maximum Gasteiger partial charge on any atom is 0.336 e. The summed E-state index contributed by atoms with van der Waals surface area (Å²) in [7, 11) is 3.16. The Balaban J connectivity index is 1.98. The Morgan fingerprint density at radius 3 is 2.33 bits per heavy atom. The predicted molar refractivity (Wildman–Crippen MR) is 150 cm³/mol. The van der Waals surface area contributed by atoms with E-state index in [0.29, 0.717) is 33.5 Å². The molecular formula is C30H34N2O6S. The Hall–Kier alpha value is -3.85. The fraction of sp³-hybridized carbons (Fsp3) is 0.367. The van der Waals surface area contributed by atoms with Crippen molar-refractivity contribution >= 4 is 23.3 Å². The topological polar surface area (TPSA) is 96.0 Å². The molecule has 4 rings (SSSR count). The Labute approximate surface area is 233 Å². The van der Waals surface area contributed by atoms with Crippen LogP contribution >= 0.6 is 11.3 Å². The first kappa shape index (κ1) is 28.2. The molecule has 0 saturated carbocycles. The number of benzene rings is 2. The molecule has 1 aliphatic heterocycles. The first-order valence-corrected chi connectivity index (χ1v) is 13.8. The van der Waals surface area contributed by atoms with Gasteiger partial charge in [-0.05, 0) is 51.5 Å². The van der Waals surface area contributed by atoms with Crippen LogP contribution in [0.15, 0.2) is 65.2 Å². The van der Waals surface area contributed by atoms with Gasteiger partial charge in [0.25, 0.3) is 0 Å². The SMILES string of the molecule is CCOC(=O)C1=C(C)NC(C)C(C(=O)OCC)(c2ccccc2)C1c1nc(-c2ccc(OC)c(OC)c2)cs1. The number of rotatable bonds is 9. The van der Waals surface area contributed by atoms with Crippen molar-refractivity contribution in [2.45, 2.75) is 45.1 Å². The fourth-order valence-corrected chi connectivity index (χ4v) is 6.36. The number of nitrogens with one attached hydrogen (secondary N) is 1. The molecule has 0 bridgehead atoms. The van der Waals surface area contributed by atoms with Crippen molar-refractivity contribution < 1.29 is 28.5 Å². The fourth-order valence-electron chi connectivity index (χ4n) is 5.35. The highest BCUT2D eigenvalue weighted by molar-refractivity contribution is 7.10. The number of nitrogens with zero attached hydrogens (tertiary/aromatic N) is 1. The lowest BCUT2D eigenvalue weighted by atomic mass is 9.61. The van der Waals surface area contributed by atoms with Gasteiger partial charge in [0.15, 0.2) is 11.5 Å². The number of ether oxygens (including phenoxy) is 4. The van der Waals surface area contributed by atoms with Crippen molar-refractivity contribution in [3.8, 4) is 22.8 Å². The Bertz CT molecular complexity index is 1370. The van der Waals surface area contributed by atoms with Crippen LogP contribution in [0.3, 0.4) is 0 Å². The van der Waals surface area contributed by atoms with Crippen LogP contribution in [-0.2, 0) is 24.5 Å². The standard InChI is InChI=1S/C30H34N2O6S/c1-7-37-28(33)25-18(3)31-19(4)30(29(34)38-8-2,21-12-10-9-11-13-21)26(25)27-32-22(17-39-27)20-14-15-23(35-5)24(16-20)36-6/h9-17,19,26,31H,7-8H2,1-6H3. The summed E-state index contributed by atoms with van der Waals surface area (Å²) in [6, 6.07) is 14.6. The molecule has 3 aromatic rings. The van der Waals surface area contributed by atoms with Gasteiger partial charge in [0.2, 0.25) is 0 Å². The molecule has 0 radical (unpaired) electrons. The molecule has 0 saturated heterocycles. The van der Waals surface area contributed by atoms with Gasteiger partial charge in [-0.1, -0.05) is 30.3 Å². The van der Waals surface area contributed by atoms with E-state index in [1.165, 1.54) is 11.3 Å². The molecule has 2 aromatic carbocycles. The Kier molecular flexibility index (Phi) is 8.60. The summed E-state index contributed by atoms with van der Waals surface area (Å²) in [5.74, 6) is -0.496. The maximum absolute atomic E-state index is 14.1. The summed E-state index contributed by atoms with van der Waals surface area (Å²) in [6.45, 7) is 7.70. The van der Waals surface area contributed by atoms with Gasteiger partial charge in [0.1, 0.15) is 10.4 Å². The number of carbonyl (C=O) groups is 2. The molecule has 206 valence electrons. The van der Waals surface area contributed by atoms with Crippen molar-refractivity contribution in [3.63, 3.8) is 0 Å². The van der Waals surface area contributed by atoms with Crippen LogP contribution < -0.4 is 14.8 Å². The molecule has 1 aromatic heterocycles. The third-order valence-corrected chi connectivity index (χ3v) is 7.98. The lowest BCUT2D eigenvalue weighted by Gasteiger charge is -2.47. The summed E-state index contributed by atoms with van der Waals surface area (Å²) in [5.41, 5.74) is 1.95. The van der Waals surface area contributed by atoms with Crippen LogP contribution in [0.2, 0.25) is 0 Å². The zero-order valence-corrected chi connectivity index (χ0v) is 23.9. The van der Waals surface area contributed by atoms with E-state index >= 15 is 0 Å². The van der Waals surface area contributed by atoms with E-state index in [2.05, 4.69) is 5.32 Å². The third kappa shape index (κ3) is 4.98. The number of hydrogen-bond donors (Lipinski definition) is 1. The van der Waals surface area contributed by atoms with Crippen LogP contribution in [0.25, 0.3) is 11.3 Å². The highest BCUT2D eigenvalue weighted by Crippen LogP contribution is 2.52. The van der Waals surface area contributed by atoms with Crippen molar-refractivity contribution in [1.82, 2.24) is 10.3 Å². The van der Waals surface area contributed by atoms with Gasteiger partial charge in [-0.25, -0.2) is 9.78 Å². The molecule has 3 unspecified atom stereocenters. The van der Waals surface area contributed by atoms with Crippen LogP contribution in [0, 0.1) is 0 Å². The van der Waals surface area contributed by atoms with Gasteiger partial charge in [-0.2, -0.15) is 0 Å². The van der Waals surface area contributed by atoms with Gasteiger partial charge in [0, 0.05) is 22.7 Å². The van der Waals surface area contributed by atoms with Crippen LogP contribution in [0.5, 0.6) is 11.5 Å². The van der Waals surface area contributed by atoms with E-state index < -0.39 is 29.3 Å². The Morgan fingerprint density at radius 2 is 1.69 bits per heavy atom. The second-order valence-corrected chi connectivity index (χ2v) is 10.0. The molecule has 9 heteroatoms. The Morgan fingerprint density at radius 1 is 1.00 bits per heavy atom. The molecule has 0 spiro atoms. The van der Waals surface area contributed by atoms with Gasteiger partial charge < -0.3 is 24.3 Å². The summed E-state index contributed by atoms with van der Waals surface area (Å²) in [4.78, 5) is 32.6. The second-order valence-electron chi connectivity index (χ2n) is 9.15. The lowest BCUT2D eigenvalue weighted by molar-refractivity contribution is -0.153. The molecule has 2 heterocycles. The number of esters is 2. The summed E-state index contributed by atoms with van der Waals surface area (Å²) < 4.78 is 22.1. The largest absolute Gasteiger partial charge is 0.493 e. The summed E-state index contributed by atoms with van der Waals surface area (Å²) in [5, 5.41) is 5.91. The highest BCUT2D eigenvalue weighted by atomic mass is 32.1. The van der Waals surface area contributed by atoms with Crippen LogP contribution in [0.1, 0.15) is 44.2 Å². The number of hydrogen-bond acceptors (Lipinski definition) is 9. The molecule has 0 amide bonds. The first-order valence-electron chi connectivity index (χ1n) is 12.9. The van der Waals surface area contributed by atoms with E-state index in [-0.39, 0.29) is 13.2 Å². The van der Waals surface area contributed by atoms with Gasteiger partial charge >= 0.3 is 11.9 Å². The minimum atomic E-state index is -1.29. The predicted octanol–water partition coefficient (Wildman–Crippen LogP) is 5.24. The quantitative estimate of drug-likeness (QED) is 0.362. The van der Waals surface area contributed by atoms with E-state index in [9.17, 15) is 9.59 Å². The molecule has 1 N–H and O–H groups in total. The number of carbonyl (C=O) groups excluding carboxylic acids is 2. The highest BCUT2D eigenvalue weighted by Gasteiger charge is 2.59. The average Bonchev–Trinajstić information content (AvgIpc) is 3.43. The molecule has 3 atom stereocenters. The monoisotopic (exact) mass is 550 g/mol. The average molecular weight is 551 g/mol. The maximum atomic E-state index is 14.1. The minimum Gasteiger partial charge on any atom is -0.493 e. The molecule has 0 fully saturated rings. The van der Waals surface area contributed by atoms with E-state index in [0.717, 1.165) is 11.1 Å². The summed E-state index contributed by atoms with van der Waals surface area (Å²) >= 11 is 1.39. The zero-order chi connectivity index (χ0) is 28.2. The number of allylic oxidation sites excluding steroid dienone is 1. The third-order valence-electron chi connectivity index (χ3n) is 7.07. The van der Waals surface area contributed by atoms with Crippen molar-refractivity contribution in [3.05, 3.63) is 75.8 Å².